The van der Waals surface area contributed by atoms with Crippen molar-refractivity contribution in [3.63, 3.8) is 0 Å². The van der Waals surface area contributed by atoms with Crippen molar-refractivity contribution in [2.24, 2.45) is 0 Å². The smallest absolute Gasteiger partial charge is 0.263 e. The molecule has 1 heterocycles. The molecule has 0 aliphatic carbocycles. The highest BCUT2D eigenvalue weighted by atomic mass is 35.5. The molecule has 2 aromatic carbocycles. The fraction of sp³-hybridized carbons (Fsp3) is 0.381. The first-order valence-electron chi connectivity index (χ1n) is 9.55. The molecule has 3 rings (SSSR count). The molecule has 6 nitrogen and oxygen atoms in total. The van der Waals surface area contributed by atoms with Crippen molar-refractivity contribution in [1.29, 1.82) is 0 Å². The van der Waals surface area contributed by atoms with Crippen molar-refractivity contribution >= 4 is 33.2 Å². The summed E-state index contributed by atoms with van der Waals surface area (Å²) >= 11 is 6.17. The number of sulfonamides is 1. The summed E-state index contributed by atoms with van der Waals surface area (Å²) in [5.74, 6) is -0.292. The number of nitrogens with one attached hydrogen (secondary N) is 2. The Bertz CT molecular complexity index is 1020. The van der Waals surface area contributed by atoms with E-state index in [4.69, 9.17) is 11.6 Å². The lowest BCUT2D eigenvalue weighted by Gasteiger charge is -2.29. The Morgan fingerprint density at radius 2 is 1.79 bits per heavy atom. The summed E-state index contributed by atoms with van der Waals surface area (Å²) in [4.78, 5) is 14.8. The van der Waals surface area contributed by atoms with E-state index in [2.05, 4.69) is 22.0 Å². The summed E-state index contributed by atoms with van der Waals surface area (Å²) in [7, 11) is -1.89. The van der Waals surface area contributed by atoms with E-state index in [1.54, 1.807) is 12.1 Å². The van der Waals surface area contributed by atoms with Gasteiger partial charge in [-0.15, -0.1) is 0 Å². The Morgan fingerprint density at radius 3 is 2.45 bits per heavy atom. The molecule has 0 atom stereocenters. The van der Waals surface area contributed by atoms with E-state index in [9.17, 15) is 13.2 Å². The molecule has 0 bridgehead atoms. The van der Waals surface area contributed by atoms with Gasteiger partial charge in [-0.2, -0.15) is 0 Å². The van der Waals surface area contributed by atoms with E-state index >= 15 is 0 Å². The summed E-state index contributed by atoms with van der Waals surface area (Å²) in [5, 5.41) is 3.06. The van der Waals surface area contributed by atoms with Gasteiger partial charge in [-0.05, 0) is 76.7 Å². The zero-order valence-electron chi connectivity index (χ0n) is 16.8. The molecule has 0 unspecified atom stereocenters. The van der Waals surface area contributed by atoms with Crippen LogP contribution in [0.25, 0.3) is 0 Å². The van der Waals surface area contributed by atoms with E-state index in [0.717, 1.165) is 37.1 Å². The average molecular weight is 436 g/mol. The molecular formula is C21H26ClN3O3S. The highest BCUT2D eigenvalue weighted by Gasteiger charge is 2.23. The number of anilines is 1. The first kappa shape index (κ1) is 21.6. The number of hydrogen-bond donors (Lipinski definition) is 2. The van der Waals surface area contributed by atoms with Crippen LogP contribution in [0.1, 0.15) is 34.3 Å². The second kappa shape index (κ2) is 8.73. The van der Waals surface area contributed by atoms with Crippen molar-refractivity contribution in [3.8, 4) is 0 Å². The molecule has 2 N–H and O–H groups in total. The van der Waals surface area contributed by atoms with Crippen molar-refractivity contribution in [2.45, 2.75) is 37.6 Å². The summed E-state index contributed by atoms with van der Waals surface area (Å²) in [6.07, 6.45) is 1.74. The van der Waals surface area contributed by atoms with Crippen LogP contribution >= 0.6 is 11.6 Å². The van der Waals surface area contributed by atoms with Crippen molar-refractivity contribution < 1.29 is 13.2 Å². The molecule has 1 fully saturated rings. The lowest BCUT2D eigenvalue weighted by Crippen LogP contribution is -2.43. The predicted octanol–water partition coefficient (Wildman–Crippen LogP) is 3.58. The summed E-state index contributed by atoms with van der Waals surface area (Å²) in [6, 6.07) is 9.85. The maximum absolute atomic E-state index is 12.9. The molecule has 29 heavy (non-hydrogen) atoms. The Balaban J connectivity index is 1.81. The molecular weight excluding hydrogens is 410 g/mol. The maximum Gasteiger partial charge on any atom is 0.263 e. The Labute approximate surface area is 177 Å². The van der Waals surface area contributed by atoms with Gasteiger partial charge in [0.05, 0.1) is 10.7 Å². The minimum atomic E-state index is -3.94. The van der Waals surface area contributed by atoms with Crippen LogP contribution < -0.4 is 10.0 Å². The van der Waals surface area contributed by atoms with Gasteiger partial charge in [0, 0.05) is 11.6 Å². The van der Waals surface area contributed by atoms with Gasteiger partial charge in [0.25, 0.3) is 15.9 Å². The number of likely N-dealkylation sites (tertiary alicyclic amines) is 1. The average Bonchev–Trinajstić information content (AvgIpc) is 2.66. The van der Waals surface area contributed by atoms with Crippen LogP contribution in [0, 0.1) is 13.8 Å². The number of carbonyl (C=O) groups is 1. The molecule has 1 aliphatic rings. The van der Waals surface area contributed by atoms with Crippen molar-refractivity contribution in [2.75, 3.05) is 24.9 Å². The zero-order chi connectivity index (χ0) is 21.2. The van der Waals surface area contributed by atoms with Gasteiger partial charge in [0.1, 0.15) is 4.90 Å². The molecule has 1 amide bonds. The topological polar surface area (TPSA) is 78.5 Å². The third-order valence-corrected chi connectivity index (χ3v) is 7.01. The monoisotopic (exact) mass is 435 g/mol. The number of carbonyl (C=O) groups excluding carboxylic acids is 1. The highest BCUT2D eigenvalue weighted by Crippen LogP contribution is 2.27. The number of piperidine rings is 1. The summed E-state index contributed by atoms with van der Waals surface area (Å²) < 4.78 is 28.4. The third-order valence-electron chi connectivity index (χ3n) is 5.16. The quantitative estimate of drug-likeness (QED) is 0.752. The molecule has 156 valence electrons. The Kier molecular flexibility index (Phi) is 6.51. The van der Waals surface area contributed by atoms with E-state index in [0.29, 0.717) is 5.69 Å². The van der Waals surface area contributed by atoms with E-state index in [-0.39, 0.29) is 27.4 Å². The largest absolute Gasteiger partial charge is 0.349 e. The number of aryl methyl sites for hydroxylation is 2. The molecule has 0 aromatic heterocycles. The number of nitrogens with zero attached hydrogens (tertiary/aromatic N) is 1. The van der Waals surface area contributed by atoms with Crippen LogP contribution in [0.2, 0.25) is 5.02 Å². The van der Waals surface area contributed by atoms with Crippen molar-refractivity contribution in [1.82, 2.24) is 10.2 Å². The number of hydrogen-bond acceptors (Lipinski definition) is 4. The van der Waals surface area contributed by atoms with E-state index in [1.165, 1.54) is 12.1 Å². The number of amides is 1. The minimum absolute atomic E-state index is 0.0677. The van der Waals surface area contributed by atoms with Gasteiger partial charge in [0.15, 0.2) is 0 Å². The fourth-order valence-electron chi connectivity index (χ4n) is 3.40. The number of halogens is 1. The zero-order valence-corrected chi connectivity index (χ0v) is 18.4. The first-order valence-corrected chi connectivity index (χ1v) is 11.4. The second-order valence-corrected chi connectivity index (χ2v) is 9.68. The number of rotatable bonds is 5. The molecule has 0 spiro atoms. The standard InChI is InChI=1S/C21H26ClN3O3S/c1-14-4-7-19(15(2)12-14)24-29(27,28)20-13-16(5-6-18(20)22)21(26)23-17-8-10-25(3)11-9-17/h4-7,12-13,17,24H,8-11H2,1-3H3,(H,23,26). The lowest BCUT2D eigenvalue weighted by molar-refractivity contribution is 0.0916. The maximum atomic E-state index is 12.9. The van der Waals surface area contributed by atoms with Crippen LogP contribution in [0.5, 0.6) is 0 Å². The van der Waals surface area contributed by atoms with Crippen LogP contribution in [0.15, 0.2) is 41.3 Å². The van der Waals surface area contributed by atoms with Gasteiger partial charge in [-0.25, -0.2) is 8.42 Å². The highest BCUT2D eigenvalue weighted by molar-refractivity contribution is 7.92. The van der Waals surface area contributed by atoms with Gasteiger partial charge >= 0.3 is 0 Å². The van der Waals surface area contributed by atoms with Gasteiger partial charge in [-0.3, -0.25) is 9.52 Å². The van der Waals surface area contributed by atoms with E-state index < -0.39 is 10.0 Å². The minimum Gasteiger partial charge on any atom is -0.349 e. The molecule has 1 saturated heterocycles. The molecule has 8 heteroatoms. The van der Waals surface area contributed by atoms with Crippen LogP contribution in [-0.4, -0.2) is 45.4 Å². The lowest BCUT2D eigenvalue weighted by atomic mass is 10.0. The Hall–Kier alpha value is -2.09. The molecule has 1 aliphatic heterocycles. The van der Waals surface area contributed by atoms with Gasteiger partial charge < -0.3 is 10.2 Å². The normalized spacial score (nSPS) is 15.9. The Morgan fingerprint density at radius 1 is 1.10 bits per heavy atom. The first-order chi connectivity index (χ1) is 13.7. The molecule has 2 aromatic rings. The van der Waals surface area contributed by atoms with Gasteiger partial charge in [0.2, 0.25) is 0 Å². The van der Waals surface area contributed by atoms with Crippen LogP contribution in [-0.2, 0) is 10.0 Å². The third kappa shape index (κ3) is 5.29. The second-order valence-electron chi connectivity index (χ2n) is 7.62. The molecule has 0 radical (unpaired) electrons. The van der Waals surface area contributed by atoms with Crippen LogP contribution in [0.3, 0.4) is 0 Å². The fourth-order valence-corrected chi connectivity index (χ4v) is 5.06. The molecule has 0 saturated carbocycles. The van der Waals surface area contributed by atoms with Crippen LogP contribution in [0.4, 0.5) is 5.69 Å². The number of benzene rings is 2. The van der Waals surface area contributed by atoms with Crippen molar-refractivity contribution in [3.05, 3.63) is 58.1 Å². The SMILES string of the molecule is Cc1ccc(NS(=O)(=O)c2cc(C(=O)NC3CCN(C)CC3)ccc2Cl)c(C)c1. The van der Waals surface area contributed by atoms with Gasteiger partial charge in [-0.1, -0.05) is 29.3 Å². The van der Waals surface area contributed by atoms with E-state index in [1.807, 2.05) is 26.0 Å². The summed E-state index contributed by atoms with van der Waals surface area (Å²) in [5.41, 5.74) is 2.60. The summed E-state index contributed by atoms with van der Waals surface area (Å²) in [6.45, 7) is 5.61. The predicted molar refractivity (Wildman–Crippen MR) is 116 cm³/mol.